The molecule has 1 heterocycles. The Morgan fingerprint density at radius 2 is 1.88 bits per heavy atom. The first-order valence-electron chi connectivity index (χ1n) is 6.70. The van der Waals surface area contributed by atoms with E-state index in [9.17, 15) is 4.39 Å². The third-order valence-corrected chi connectivity index (χ3v) is 4.27. The quantitative estimate of drug-likeness (QED) is 0.430. The van der Waals surface area contributed by atoms with Crippen LogP contribution in [-0.4, -0.2) is 17.1 Å². The van der Waals surface area contributed by atoms with Crippen molar-refractivity contribution in [3.63, 3.8) is 0 Å². The molecular weight excluding hydrogens is 381 g/mol. The molecule has 0 N–H and O–H groups in total. The molecule has 8 heteroatoms. The van der Waals surface area contributed by atoms with Gasteiger partial charge in [0.15, 0.2) is 5.82 Å². The Labute approximate surface area is 151 Å². The Morgan fingerprint density at radius 1 is 1.12 bits per heavy atom. The molecule has 0 saturated heterocycles. The van der Waals surface area contributed by atoms with Crippen LogP contribution in [0.5, 0.6) is 5.75 Å². The van der Waals surface area contributed by atoms with Crippen molar-refractivity contribution in [2.45, 2.75) is 5.88 Å². The van der Waals surface area contributed by atoms with Crippen LogP contribution in [0, 0.1) is 11.6 Å². The van der Waals surface area contributed by atoms with Gasteiger partial charge in [0, 0.05) is 10.9 Å². The van der Waals surface area contributed by atoms with Crippen molar-refractivity contribution in [3.8, 4) is 16.9 Å². The van der Waals surface area contributed by atoms with Crippen LogP contribution in [0.15, 0.2) is 24.3 Å². The molecule has 0 aliphatic heterocycles. The van der Waals surface area contributed by atoms with Crippen molar-refractivity contribution in [1.82, 2.24) is 9.97 Å². The zero-order valence-corrected chi connectivity index (χ0v) is 14.5. The second kappa shape index (κ2) is 6.67. The molecule has 0 aliphatic carbocycles. The first-order valence-corrected chi connectivity index (χ1v) is 8.00. The van der Waals surface area contributed by atoms with E-state index in [1.807, 2.05) is 0 Å². The number of halogens is 5. The van der Waals surface area contributed by atoms with Crippen molar-refractivity contribution in [3.05, 3.63) is 51.9 Å². The van der Waals surface area contributed by atoms with Crippen LogP contribution in [0.25, 0.3) is 22.0 Å². The molecule has 0 bridgehead atoms. The Kier molecular flexibility index (Phi) is 4.76. The summed E-state index contributed by atoms with van der Waals surface area (Å²) < 4.78 is 34.6. The fourth-order valence-corrected chi connectivity index (χ4v) is 3.06. The van der Waals surface area contributed by atoms with Gasteiger partial charge in [-0.25, -0.2) is 18.7 Å². The molecule has 0 saturated carbocycles. The molecule has 3 rings (SSSR count). The predicted octanol–water partition coefficient (Wildman–Crippen LogP) is 5.63. The molecule has 2 aromatic carbocycles. The van der Waals surface area contributed by atoms with Crippen molar-refractivity contribution < 1.29 is 13.5 Å². The molecule has 0 radical (unpaired) electrons. The van der Waals surface area contributed by atoms with Gasteiger partial charge in [0.1, 0.15) is 28.1 Å². The molecule has 0 fully saturated rings. The Morgan fingerprint density at radius 3 is 2.54 bits per heavy atom. The normalized spacial score (nSPS) is 11.1. The van der Waals surface area contributed by atoms with Gasteiger partial charge in [0.25, 0.3) is 0 Å². The Balaban J connectivity index is 2.42. The second-order valence-electron chi connectivity index (χ2n) is 4.82. The maximum absolute atomic E-state index is 15.1. The van der Waals surface area contributed by atoms with Crippen LogP contribution >= 0.6 is 34.8 Å². The third-order valence-electron chi connectivity index (χ3n) is 3.45. The summed E-state index contributed by atoms with van der Waals surface area (Å²) >= 11 is 17.9. The van der Waals surface area contributed by atoms with Gasteiger partial charge in [-0.1, -0.05) is 29.3 Å². The number of hydrogen-bond donors (Lipinski definition) is 0. The number of benzene rings is 2. The minimum Gasteiger partial charge on any atom is -0.496 e. The SMILES string of the molecule is COc1cccc(F)c1-c1c(Cl)cc2c(Cl)nc(CCl)nc2c1F. The van der Waals surface area contributed by atoms with E-state index in [1.54, 1.807) is 0 Å². The summed E-state index contributed by atoms with van der Waals surface area (Å²) in [4.78, 5) is 8.00. The Hall–Kier alpha value is -1.69. The van der Waals surface area contributed by atoms with E-state index in [4.69, 9.17) is 39.5 Å². The highest BCUT2D eigenvalue weighted by molar-refractivity contribution is 6.37. The van der Waals surface area contributed by atoms with Gasteiger partial charge >= 0.3 is 0 Å². The number of alkyl halides is 1. The molecule has 1 aromatic heterocycles. The predicted molar refractivity (Wildman–Crippen MR) is 91.0 cm³/mol. The number of ether oxygens (including phenoxy) is 1. The average Bonchev–Trinajstić information content (AvgIpc) is 2.57. The van der Waals surface area contributed by atoms with Gasteiger partial charge in [0.05, 0.1) is 23.6 Å². The fraction of sp³-hybridized carbons (Fsp3) is 0.125. The number of aromatic nitrogens is 2. The zero-order valence-electron chi connectivity index (χ0n) is 12.2. The summed E-state index contributed by atoms with van der Waals surface area (Å²) in [5.41, 5.74) is -0.337. The lowest BCUT2D eigenvalue weighted by atomic mass is 10.0. The van der Waals surface area contributed by atoms with Gasteiger partial charge in [-0.05, 0) is 18.2 Å². The highest BCUT2D eigenvalue weighted by Gasteiger charge is 2.23. The van der Waals surface area contributed by atoms with E-state index in [-0.39, 0.29) is 49.7 Å². The minimum atomic E-state index is -0.823. The monoisotopic (exact) mass is 388 g/mol. The van der Waals surface area contributed by atoms with Gasteiger partial charge in [-0.2, -0.15) is 0 Å². The molecule has 0 spiro atoms. The highest BCUT2D eigenvalue weighted by atomic mass is 35.5. The van der Waals surface area contributed by atoms with Gasteiger partial charge in [-0.3, -0.25) is 0 Å². The summed E-state index contributed by atoms with van der Waals surface area (Å²) in [5.74, 6) is -1.24. The minimum absolute atomic E-state index is 0.0171. The van der Waals surface area contributed by atoms with Crippen molar-refractivity contribution in [2.24, 2.45) is 0 Å². The molecule has 124 valence electrons. The summed E-state index contributed by atoms with van der Waals surface area (Å²) in [6.07, 6.45) is 0. The summed E-state index contributed by atoms with van der Waals surface area (Å²) in [5, 5.41) is 0.197. The fourth-order valence-electron chi connectivity index (χ4n) is 2.41. The number of hydrogen-bond acceptors (Lipinski definition) is 3. The molecule has 3 aromatic rings. The van der Waals surface area contributed by atoms with Crippen LogP contribution in [0.4, 0.5) is 8.78 Å². The molecule has 0 unspecified atom stereocenters. The zero-order chi connectivity index (χ0) is 17.4. The number of methoxy groups -OCH3 is 1. The van der Waals surface area contributed by atoms with E-state index >= 15 is 4.39 Å². The van der Waals surface area contributed by atoms with E-state index < -0.39 is 11.6 Å². The van der Waals surface area contributed by atoms with Crippen molar-refractivity contribution >= 4 is 45.7 Å². The van der Waals surface area contributed by atoms with Gasteiger partial charge < -0.3 is 4.74 Å². The van der Waals surface area contributed by atoms with E-state index in [0.29, 0.717) is 0 Å². The summed E-state index contributed by atoms with van der Waals surface area (Å²) in [6.45, 7) is 0. The van der Waals surface area contributed by atoms with Crippen LogP contribution in [0.2, 0.25) is 10.2 Å². The Bertz CT molecular complexity index is 950. The van der Waals surface area contributed by atoms with Crippen LogP contribution in [0.3, 0.4) is 0 Å². The van der Waals surface area contributed by atoms with Crippen LogP contribution < -0.4 is 4.74 Å². The number of fused-ring (bicyclic) bond motifs is 1. The van der Waals surface area contributed by atoms with Crippen LogP contribution in [0.1, 0.15) is 5.82 Å². The molecule has 0 aliphatic rings. The van der Waals surface area contributed by atoms with Crippen molar-refractivity contribution in [1.29, 1.82) is 0 Å². The standard InChI is InChI=1S/C16H9Cl3F2N2O/c1-24-10-4-2-3-9(20)13(10)12-8(18)5-7-15(14(12)21)22-11(6-17)23-16(7)19/h2-5H,6H2,1H3. The number of nitrogens with zero attached hydrogens (tertiary/aromatic N) is 2. The first-order chi connectivity index (χ1) is 11.5. The lowest BCUT2D eigenvalue weighted by molar-refractivity contribution is 0.413. The number of rotatable bonds is 3. The molecule has 0 amide bonds. The second-order valence-corrected chi connectivity index (χ2v) is 5.86. The van der Waals surface area contributed by atoms with E-state index in [0.717, 1.165) is 0 Å². The summed E-state index contributed by atoms with van der Waals surface area (Å²) in [7, 11) is 1.36. The van der Waals surface area contributed by atoms with Crippen molar-refractivity contribution in [2.75, 3.05) is 7.11 Å². The van der Waals surface area contributed by atoms with Crippen LogP contribution in [-0.2, 0) is 5.88 Å². The largest absolute Gasteiger partial charge is 0.496 e. The van der Waals surface area contributed by atoms with Gasteiger partial charge in [-0.15, -0.1) is 11.6 Å². The topological polar surface area (TPSA) is 35.0 Å². The average molecular weight is 390 g/mol. The van der Waals surface area contributed by atoms with E-state index in [2.05, 4.69) is 9.97 Å². The lowest BCUT2D eigenvalue weighted by Crippen LogP contribution is -2.00. The summed E-state index contributed by atoms with van der Waals surface area (Å²) in [6, 6.07) is 5.54. The smallest absolute Gasteiger partial charge is 0.159 e. The maximum atomic E-state index is 15.1. The molecule has 0 atom stereocenters. The molecule has 3 nitrogen and oxygen atoms in total. The highest BCUT2D eigenvalue weighted by Crippen LogP contribution is 2.41. The maximum Gasteiger partial charge on any atom is 0.159 e. The molecular formula is C16H9Cl3F2N2O. The van der Waals surface area contributed by atoms with Gasteiger partial charge in [0.2, 0.25) is 0 Å². The first kappa shape index (κ1) is 17.1. The molecule has 24 heavy (non-hydrogen) atoms. The lowest BCUT2D eigenvalue weighted by Gasteiger charge is -2.14. The third kappa shape index (κ3) is 2.77. The van der Waals surface area contributed by atoms with E-state index in [1.165, 1.54) is 31.4 Å².